The maximum atomic E-state index is 11.0. The summed E-state index contributed by atoms with van der Waals surface area (Å²) in [5.74, 6) is -0.170. The van der Waals surface area contributed by atoms with Crippen molar-refractivity contribution in [3.05, 3.63) is 54.4 Å². The van der Waals surface area contributed by atoms with Gasteiger partial charge in [0.15, 0.2) is 0 Å². The number of hydrogen-bond acceptors (Lipinski definition) is 3. The molecule has 0 aliphatic carbocycles. The minimum Gasteiger partial charge on any atom is -0.508 e. The highest BCUT2D eigenvalue weighted by atomic mass is 16.4. The summed E-state index contributed by atoms with van der Waals surface area (Å²) < 4.78 is 1.79. The van der Waals surface area contributed by atoms with E-state index in [1.807, 2.05) is 0 Å². The molecular formula is C14H10N2O3. The summed E-state index contributed by atoms with van der Waals surface area (Å²) in [4.78, 5) is 15.2. The van der Waals surface area contributed by atoms with E-state index in [4.69, 9.17) is 5.11 Å². The first-order chi connectivity index (χ1) is 9.15. The van der Waals surface area contributed by atoms with Crippen molar-refractivity contribution in [3.8, 4) is 17.1 Å². The number of carboxylic acids is 1. The van der Waals surface area contributed by atoms with Crippen LogP contribution in [-0.2, 0) is 0 Å². The summed E-state index contributed by atoms with van der Waals surface area (Å²) in [7, 11) is 0. The largest absolute Gasteiger partial charge is 0.508 e. The van der Waals surface area contributed by atoms with Gasteiger partial charge in [-0.25, -0.2) is 9.78 Å². The standard InChI is InChI=1S/C14H10N2O3/c17-12-4-5-16-11(7-12)8-15-13(16)9-2-1-3-10(6-9)14(18)19/h1-8,17H,(H,18,19). The minimum absolute atomic E-state index is 0.165. The van der Waals surface area contributed by atoms with E-state index in [1.54, 1.807) is 47.1 Å². The van der Waals surface area contributed by atoms with Crippen LogP contribution in [0.5, 0.6) is 5.75 Å². The van der Waals surface area contributed by atoms with Crippen molar-refractivity contribution in [2.45, 2.75) is 0 Å². The van der Waals surface area contributed by atoms with Crippen LogP contribution in [0.4, 0.5) is 0 Å². The summed E-state index contributed by atoms with van der Waals surface area (Å²) >= 11 is 0. The van der Waals surface area contributed by atoms with Crippen LogP contribution in [0.1, 0.15) is 10.4 Å². The molecular weight excluding hydrogens is 244 g/mol. The van der Waals surface area contributed by atoms with Gasteiger partial charge >= 0.3 is 5.97 Å². The SMILES string of the molecule is O=C(O)c1cccc(-c2ncc3cc(O)ccn23)c1. The van der Waals surface area contributed by atoms with E-state index >= 15 is 0 Å². The monoisotopic (exact) mass is 254 g/mol. The van der Waals surface area contributed by atoms with Crippen LogP contribution in [0.3, 0.4) is 0 Å². The van der Waals surface area contributed by atoms with Crippen molar-refractivity contribution in [1.82, 2.24) is 9.38 Å². The molecule has 2 N–H and O–H groups in total. The second-order valence-electron chi connectivity index (χ2n) is 4.15. The van der Waals surface area contributed by atoms with Gasteiger partial charge in [-0.2, -0.15) is 0 Å². The van der Waals surface area contributed by atoms with Crippen LogP contribution in [0.25, 0.3) is 16.9 Å². The number of aromatic nitrogens is 2. The predicted molar refractivity (Wildman–Crippen MR) is 69.3 cm³/mol. The molecule has 3 rings (SSSR count). The Labute approximate surface area is 108 Å². The summed E-state index contributed by atoms with van der Waals surface area (Å²) in [5.41, 5.74) is 1.68. The molecule has 0 saturated carbocycles. The zero-order chi connectivity index (χ0) is 13.4. The number of pyridine rings is 1. The number of carbonyl (C=O) groups is 1. The molecule has 0 aliphatic rings. The number of aromatic hydroxyl groups is 1. The van der Waals surface area contributed by atoms with E-state index in [2.05, 4.69) is 4.98 Å². The van der Waals surface area contributed by atoms with Crippen molar-refractivity contribution in [2.24, 2.45) is 0 Å². The Bertz CT molecular complexity index is 777. The van der Waals surface area contributed by atoms with Gasteiger partial charge in [0, 0.05) is 17.8 Å². The van der Waals surface area contributed by atoms with Crippen molar-refractivity contribution in [2.75, 3.05) is 0 Å². The van der Waals surface area contributed by atoms with Gasteiger partial charge in [-0.1, -0.05) is 12.1 Å². The third-order valence-electron chi connectivity index (χ3n) is 2.88. The van der Waals surface area contributed by atoms with E-state index in [1.165, 1.54) is 6.07 Å². The number of fused-ring (bicyclic) bond motifs is 1. The number of benzene rings is 1. The molecule has 0 saturated heterocycles. The van der Waals surface area contributed by atoms with Crippen LogP contribution in [0.15, 0.2) is 48.8 Å². The maximum absolute atomic E-state index is 11.0. The smallest absolute Gasteiger partial charge is 0.335 e. The summed E-state index contributed by atoms with van der Waals surface area (Å²) in [6.45, 7) is 0. The molecule has 94 valence electrons. The normalized spacial score (nSPS) is 10.7. The summed E-state index contributed by atoms with van der Waals surface area (Å²) in [6, 6.07) is 9.74. The molecule has 5 heteroatoms. The van der Waals surface area contributed by atoms with E-state index in [0.29, 0.717) is 11.4 Å². The Morgan fingerprint density at radius 1 is 1.21 bits per heavy atom. The Balaban J connectivity index is 2.19. The lowest BCUT2D eigenvalue weighted by atomic mass is 10.1. The van der Waals surface area contributed by atoms with Gasteiger partial charge in [0.2, 0.25) is 0 Å². The van der Waals surface area contributed by atoms with Gasteiger partial charge in [0.25, 0.3) is 0 Å². The molecule has 0 atom stereocenters. The molecule has 0 radical (unpaired) electrons. The van der Waals surface area contributed by atoms with Gasteiger partial charge in [-0.05, 0) is 18.2 Å². The Morgan fingerprint density at radius 2 is 2.05 bits per heavy atom. The summed E-state index contributed by atoms with van der Waals surface area (Å²) in [6.07, 6.45) is 3.32. The Kier molecular flexibility index (Phi) is 2.45. The van der Waals surface area contributed by atoms with Crippen molar-refractivity contribution < 1.29 is 15.0 Å². The zero-order valence-electron chi connectivity index (χ0n) is 9.82. The molecule has 0 aliphatic heterocycles. The average Bonchev–Trinajstić information content (AvgIpc) is 2.81. The first-order valence-electron chi connectivity index (χ1n) is 5.65. The van der Waals surface area contributed by atoms with Gasteiger partial charge in [-0.3, -0.25) is 4.40 Å². The van der Waals surface area contributed by atoms with Gasteiger partial charge in [0.1, 0.15) is 11.6 Å². The zero-order valence-corrected chi connectivity index (χ0v) is 9.82. The lowest BCUT2D eigenvalue weighted by Gasteiger charge is -2.03. The first-order valence-corrected chi connectivity index (χ1v) is 5.65. The number of aromatic carboxylic acids is 1. The molecule has 0 bridgehead atoms. The first kappa shape index (κ1) is 11.3. The minimum atomic E-state index is -0.972. The highest BCUT2D eigenvalue weighted by molar-refractivity contribution is 5.89. The van der Waals surface area contributed by atoms with Crippen LogP contribution in [-0.4, -0.2) is 25.6 Å². The van der Waals surface area contributed by atoms with E-state index in [9.17, 15) is 9.90 Å². The lowest BCUT2D eigenvalue weighted by Crippen LogP contribution is -1.97. The molecule has 2 heterocycles. The molecule has 5 nitrogen and oxygen atoms in total. The van der Waals surface area contributed by atoms with Crippen LogP contribution < -0.4 is 0 Å². The number of hydrogen-bond donors (Lipinski definition) is 2. The molecule has 0 amide bonds. The molecule has 0 unspecified atom stereocenters. The fourth-order valence-corrected chi connectivity index (χ4v) is 1.99. The van der Waals surface area contributed by atoms with Crippen molar-refractivity contribution >= 4 is 11.5 Å². The highest BCUT2D eigenvalue weighted by Crippen LogP contribution is 2.22. The molecule has 19 heavy (non-hydrogen) atoms. The van der Waals surface area contributed by atoms with Gasteiger partial charge in [-0.15, -0.1) is 0 Å². The van der Waals surface area contributed by atoms with Crippen molar-refractivity contribution in [1.29, 1.82) is 0 Å². The third-order valence-corrected chi connectivity index (χ3v) is 2.88. The quantitative estimate of drug-likeness (QED) is 0.736. The van der Waals surface area contributed by atoms with E-state index in [0.717, 1.165) is 5.52 Å². The number of rotatable bonds is 2. The van der Waals surface area contributed by atoms with Gasteiger partial charge < -0.3 is 10.2 Å². The second kappa shape index (κ2) is 4.13. The van der Waals surface area contributed by atoms with Crippen LogP contribution in [0, 0.1) is 0 Å². The summed E-state index contributed by atoms with van der Waals surface area (Å²) in [5, 5.41) is 18.4. The molecule has 3 aromatic rings. The Hall–Kier alpha value is -2.82. The fourth-order valence-electron chi connectivity index (χ4n) is 1.99. The lowest BCUT2D eigenvalue weighted by molar-refractivity contribution is 0.0697. The third kappa shape index (κ3) is 1.91. The van der Waals surface area contributed by atoms with Crippen molar-refractivity contribution in [3.63, 3.8) is 0 Å². The van der Waals surface area contributed by atoms with E-state index in [-0.39, 0.29) is 11.3 Å². The number of nitrogens with zero attached hydrogens (tertiary/aromatic N) is 2. The van der Waals surface area contributed by atoms with Gasteiger partial charge in [0.05, 0.1) is 17.3 Å². The second-order valence-corrected chi connectivity index (χ2v) is 4.15. The fraction of sp³-hybridized carbons (Fsp3) is 0. The van der Waals surface area contributed by atoms with E-state index < -0.39 is 5.97 Å². The molecule has 0 fully saturated rings. The molecule has 0 spiro atoms. The highest BCUT2D eigenvalue weighted by Gasteiger charge is 2.09. The average molecular weight is 254 g/mol. The molecule has 2 aromatic heterocycles. The number of carboxylic acid groups (broad SMARTS) is 1. The Morgan fingerprint density at radius 3 is 2.84 bits per heavy atom. The maximum Gasteiger partial charge on any atom is 0.335 e. The van der Waals surface area contributed by atoms with Crippen LogP contribution in [0.2, 0.25) is 0 Å². The predicted octanol–water partition coefficient (Wildman–Crippen LogP) is 2.41. The number of imidazole rings is 1. The topological polar surface area (TPSA) is 74.8 Å². The molecule has 1 aromatic carbocycles. The van der Waals surface area contributed by atoms with Crippen LogP contribution >= 0.6 is 0 Å².